The van der Waals surface area contributed by atoms with Gasteiger partial charge in [0.1, 0.15) is 22.3 Å². The summed E-state index contributed by atoms with van der Waals surface area (Å²) in [5.41, 5.74) is 2.32. The molecule has 0 aliphatic heterocycles. The molecule has 1 N–H and O–H groups in total. The molecule has 4 nitrogen and oxygen atoms in total. The SMILES string of the molecule is COc1ccccc1-c1nc(C(=O)N[C@@H]2C[C@@H]2c2ccc(F)cc2)cs1. The van der Waals surface area contributed by atoms with Gasteiger partial charge in [0.25, 0.3) is 5.91 Å². The lowest BCUT2D eigenvalue weighted by Gasteiger charge is -2.05. The predicted octanol–water partition coefficient (Wildman–Crippen LogP) is 4.24. The quantitative estimate of drug-likeness (QED) is 0.733. The van der Waals surface area contributed by atoms with Crippen molar-refractivity contribution in [3.8, 4) is 16.3 Å². The fourth-order valence-corrected chi connectivity index (χ4v) is 3.83. The molecule has 132 valence electrons. The van der Waals surface area contributed by atoms with E-state index in [9.17, 15) is 9.18 Å². The van der Waals surface area contributed by atoms with Gasteiger partial charge in [-0.3, -0.25) is 4.79 Å². The van der Waals surface area contributed by atoms with Crippen LogP contribution in [0.4, 0.5) is 4.39 Å². The average molecular weight is 368 g/mol. The Bertz CT molecular complexity index is 939. The number of rotatable bonds is 5. The van der Waals surface area contributed by atoms with Gasteiger partial charge in [-0.15, -0.1) is 11.3 Å². The van der Waals surface area contributed by atoms with Crippen LogP contribution in [-0.4, -0.2) is 24.0 Å². The number of nitrogens with one attached hydrogen (secondary N) is 1. The van der Waals surface area contributed by atoms with Gasteiger partial charge in [-0.1, -0.05) is 24.3 Å². The van der Waals surface area contributed by atoms with Crippen molar-refractivity contribution in [2.75, 3.05) is 7.11 Å². The van der Waals surface area contributed by atoms with E-state index in [4.69, 9.17) is 4.74 Å². The summed E-state index contributed by atoms with van der Waals surface area (Å²) in [7, 11) is 1.61. The summed E-state index contributed by atoms with van der Waals surface area (Å²) < 4.78 is 18.4. The van der Waals surface area contributed by atoms with E-state index in [1.165, 1.54) is 23.5 Å². The van der Waals surface area contributed by atoms with Gasteiger partial charge in [-0.05, 0) is 36.2 Å². The number of hydrogen-bond acceptors (Lipinski definition) is 4. The first-order valence-corrected chi connectivity index (χ1v) is 9.19. The lowest BCUT2D eigenvalue weighted by molar-refractivity contribution is 0.0946. The third-order valence-corrected chi connectivity index (χ3v) is 5.35. The summed E-state index contributed by atoms with van der Waals surface area (Å²) in [5.74, 6) is 0.539. The molecule has 1 aliphatic carbocycles. The third-order valence-electron chi connectivity index (χ3n) is 4.48. The predicted molar refractivity (Wildman–Crippen MR) is 99.1 cm³/mol. The molecule has 0 radical (unpaired) electrons. The van der Waals surface area contributed by atoms with Crippen LogP contribution in [-0.2, 0) is 0 Å². The van der Waals surface area contributed by atoms with Gasteiger partial charge in [0.2, 0.25) is 0 Å². The number of hydrogen-bond donors (Lipinski definition) is 1. The lowest BCUT2D eigenvalue weighted by Crippen LogP contribution is -2.26. The maximum absolute atomic E-state index is 13.0. The maximum Gasteiger partial charge on any atom is 0.271 e. The highest BCUT2D eigenvalue weighted by atomic mass is 32.1. The lowest BCUT2D eigenvalue weighted by atomic mass is 10.1. The van der Waals surface area contributed by atoms with Crippen molar-refractivity contribution in [2.45, 2.75) is 18.4 Å². The number of nitrogens with zero attached hydrogens (tertiary/aromatic N) is 1. The molecule has 4 rings (SSSR count). The summed E-state index contributed by atoms with van der Waals surface area (Å²) in [6, 6.07) is 14.1. The van der Waals surface area contributed by atoms with E-state index in [0.717, 1.165) is 28.3 Å². The molecule has 1 aromatic heterocycles. The number of methoxy groups -OCH3 is 1. The van der Waals surface area contributed by atoms with Gasteiger partial charge >= 0.3 is 0 Å². The molecule has 3 aromatic rings. The Morgan fingerprint density at radius 3 is 2.77 bits per heavy atom. The zero-order valence-corrected chi connectivity index (χ0v) is 14.9. The summed E-state index contributed by atoms with van der Waals surface area (Å²) in [4.78, 5) is 16.9. The second kappa shape index (κ2) is 6.88. The second-order valence-corrected chi connectivity index (χ2v) is 7.07. The van der Waals surface area contributed by atoms with Crippen molar-refractivity contribution in [1.29, 1.82) is 0 Å². The van der Waals surface area contributed by atoms with Gasteiger partial charge in [-0.25, -0.2) is 9.37 Å². The largest absolute Gasteiger partial charge is 0.496 e. The molecule has 2 aromatic carbocycles. The van der Waals surface area contributed by atoms with Crippen LogP contribution >= 0.6 is 11.3 Å². The highest BCUT2D eigenvalue weighted by molar-refractivity contribution is 7.13. The molecular weight excluding hydrogens is 351 g/mol. The second-order valence-electron chi connectivity index (χ2n) is 6.21. The van der Waals surface area contributed by atoms with Gasteiger partial charge in [0, 0.05) is 17.3 Å². The van der Waals surface area contributed by atoms with Crippen LogP contribution in [0.1, 0.15) is 28.4 Å². The number of halogens is 1. The van der Waals surface area contributed by atoms with Crippen molar-refractivity contribution >= 4 is 17.2 Å². The monoisotopic (exact) mass is 368 g/mol. The topological polar surface area (TPSA) is 51.2 Å². The van der Waals surface area contributed by atoms with Gasteiger partial charge in [0.05, 0.1) is 12.7 Å². The molecule has 0 spiro atoms. The Kier molecular flexibility index (Phi) is 4.42. The molecule has 1 aliphatic rings. The van der Waals surface area contributed by atoms with Crippen molar-refractivity contribution < 1.29 is 13.9 Å². The number of amides is 1. The van der Waals surface area contributed by atoms with Gasteiger partial charge in [-0.2, -0.15) is 0 Å². The number of para-hydroxylation sites is 1. The summed E-state index contributed by atoms with van der Waals surface area (Å²) in [6.07, 6.45) is 0.862. The van der Waals surface area contributed by atoms with E-state index in [1.807, 2.05) is 24.3 Å². The van der Waals surface area contributed by atoms with Crippen LogP contribution in [0.5, 0.6) is 5.75 Å². The zero-order chi connectivity index (χ0) is 18.1. The summed E-state index contributed by atoms with van der Waals surface area (Å²) >= 11 is 1.41. The van der Waals surface area contributed by atoms with Crippen LogP contribution in [0, 0.1) is 5.82 Å². The molecule has 0 bridgehead atoms. The highest BCUT2D eigenvalue weighted by Crippen LogP contribution is 2.41. The van der Waals surface area contributed by atoms with Gasteiger partial charge < -0.3 is 10.1 Å². The molecule has 1 heterocycles. The zero-order valence-electron chi connectivity index (χ0n) is 14.1. The molecule has 1 saturated carbocycles. The standard InChI is InChI=1S/C20H17FN2O2S/c1-25-18-5-3-2-4-14(18)20-23-17(11-26-20)19(24)22-16-10-15(16)12-6-8-13(21)9-7-12/h2-9,11,15-16H,10H2,1H3,(H,22,24)/t15-,16-/m1/s1. The number of aromatic nitrogens is 1. The van der Waals surface area contributed by atoms with E-state index >= 15 is 0 Å². The van der Waals surface area contributed by atoms with Gasteiger partial charge in [0.15, 0.2) is 0 Å². The minimum atomic E-state index is -0.249. The van der Waals surface area contributed by atoms with Crippen molar-refractivity contribution in [1.82, 2.24) is 10.3 Å². The molecule has 6 heteroatoms. The molecule has 26 heavy (non-hydrogen) atoms. The molecule has 1 fully saturated rings. The molecule has 0 unspecified atom stereocenters. The molecular formula is C20H17FN2O2S. The maximum atomic E-state index is 13.0. The van der Waals surface area contributed by atoms with Crippen LogP contribution in [0.25, 0.3) is 10.6 Å². The Balaban J connectivity index is 1.44. The number of carbonyl (C=O) groups is 1. The number of ether oxygens (including phenoxy) is 1. The molecule has 0 saturated heterocycles. The third kappa shape index (κ3) is 3.32. The first kappa shape index (κ1) is 16.7. The minimum absolute atomic E-state index is 0.0735. The average Bonchev–Trinajstić information content (AvgIpc) is 3.24. The Labute approximate surface area is 154 Å². The fraction of sp³-hybridized carbons (Fsp3) is 0.200. The number of thiazole rings is 1. The van der Waals surface area contributed by atoms with Crippen molar-refractivity contribution in [3.05, 3.63) is 71.0 Å². The first-order chi connectivity index (χ1) is 12.7. The van der Waals surface area contributed by atoms with Crippen LogP contribution in [0.3, 0.4) is 0 Å². The normalized spacial score (nSPS) is 18.4. The minimum Gasteiger partial charge on any atom is -0.496 e. The van der Waals surface area contributed by atoms with Crippen LogP contribution < -0.4 is 10.1 Å². The van der Waals surface area contributed by atoms with Crippen LogP contribution in [0.2, 0.25) is 0 Å². The Hall–Kier alpha value is -2.73. The van der Waals surface area contributed by atoms with E-state index in [0.29, 0.717) is 5.69 Å². The first-order valence-electron chi connectivity index (χ1n) is 8.31. The summed E-state index contributed by atoms with van der Waals surface area (Å²) in [5, 5.41) is 5.51. The smallest absolute Gasteiger partial charge is 0.271 e. The van der Waals surface area contributed by atoms with E-state index in [1.54, 1.807) is 24.6 Å². The number of carbonyl (C=O) groups excluding carboxylic acids is 1. The Morgan fingerprint density at radius 1 is 1.23 bits per heavy atom. The van der Waals surface area contributed by atoms with E-state index in [-0.39, 0.29) is 23.7 Å². The van der Waals surface area contributed by atoms with E-state index < -0.39 is 0 Å². The number of benzene rings is 2. The van der Waals surface area contributed by atoms with E-state index in [2.05, 4.69) is 10.3 Å². The fourth-order valence-electron chi connectivity index (χ4n) is 3.00. The molecule has 1 amide bonds. The molecule has 2 atom stereocenters. The van der Waals surface area contributed by atoms with Crippen LogP contribution in [0.15, 0.2) is 53.9 Å². The highest BCUT2D eigenvalue weighted by Gasteiger charge is 2.39. The Morgan fingerprint density at radius 2 is 2.00 bits per heavy atom. The van der Waals surface area contributed by atoms with Crippen molar-refractivity contribution in [2.24, 2.45) is 0 Å². The van der Waals surface area contributed by atoms with Crippen molar-refractivity contribution in [3.63, 3.8) is 0 Å². The summed E-state index contributed by atoms with van der Waals surface area (Å²) in [6.45, 7) is 0.